The predicted octanol–water partition coefficient (Wildman–Crippen LogP) is 18.0. The van der Waals surface area contributed by atoms with Crippen molar-refractivity contribution in [2.45, 2.75) is 98.6 Å². The number of H-pyrrole nitrogens is 4. The molecular weight excluding hydrogens is 1560 g/mol. The number of benzene rings is 9. The maximum absolute atomic E-state index is 13.1. The van der Waals surface area contributed by atoms with Crippen LogP contribution in [0.3, 0.4) is 0 Å². The quantitative estimate of drug-likeness (QED) is 0.0779. The van der Waals surface area contributed by atoms with Crippen molar-refractivity contribution in [1.29, 1.82) is 0 Å². The smallest absolute Gasteiger partial charge is 0.252 e. The minimum Gasteiger partial charge on any atom is -0.485 e. The fourth-order valence-electron chi connectivity index (χ4n) is 14.9. The lowest BCUT2D eigenvalue weighted by Crippen LogP contribution is -2.26. The fourth-order valence-corrected chi connectivity index (χ4v) is 14.9. The van der Waals surface area contributed by atoms with Crippen LogP contribution in [0.15, 0.2) is 249 Å². The summed E-state index contributed by atoms with van der Waals surface area (Å²) in [5.41, 5.74) is 14.0. The van der Waals surface area contributed by atoms with Crippen molar-refractivity contribution < 1.29 is 61.5 Å². The summed E-state index contributed by atoms with van der Waals surface area (Å²) in [6, 6.07) is 72.6. The Balaban J connectivity index is 0.000000118. The average Bonchev–Trinajstić information content (AvgIpc) is 1.59. The molecule has 24 heteroatoms. The molecule has 0 atom stereocenters. The lowest BCUT2D eigenvalue weighted by Gasteiger charge is -2.21. The van der Waals surface area contributed by atoms with Crippen molar-refractivity contribution in [3.8, 4) is 62.2 Å². The number of halogens is 2. The van der Waals surface area contributed by atoms with Gasteiger partial charge in [0.05, 0.1) is 5.56 Å². The molecule has 15 aromatic rings. The van der Waals surface area contributed by atoms with Gasteiger partial charge in [-0.25, -0.2) is 33.7 Å². The summed E-state index contributed by atoms with van der Waals surface area (Å²) in [5.74, 6) is -1.85. The van der Waals surface area contributed by atoms with Crippen LogP contribution in [-0.2, 0) is 57.1 Å². The summed E-state index contributed by atoms with van der Waals surface area (Å²) >= 11 is 0. The van der Waals surface area contributed by atoms with Gasteiger partial charge in [-0.15, -0.1) is 0 Å². The highest BCUT2D eigenvalue weighted by atomic mass is 19.1. The van der Waals surface area contributed by atoms with Crippen molar-refractivity contribution in [1.82, 2.24) is 54.4 Å². The minimum absolute atomic E-state index is 0.0725. The van der Waals surface area contributed by atoms with Gasteiger partial charge in [0, 0.05) is 81.9 Å². The molecule has 0 saturated heterocycles. The zero-order valence-electron chi connectivity index (χ0n) is 67.7. The van der Waals surface area contributed by atoms with Crippen LogP contribution >= 0.6 is 0 Å². The first-order valence-corrected chi connectivity index (χ1v) is 39.9. The number of imidazole rings is 5. The Bertz CT molecular complexity index is 6660. The van der Waals surface area contributed by atoms with E-state index in [0.717, 1.165) is 58.1 Å². The van der Waals surface area contributed by atoms with Crippen molar-refractivity contribution in [2.75, 3.05) is 0 Å². The van der Waals surface area contributed by atoms with Crippen LogP contribution < -0.4 is 4.74 Å². The molecule has 0 saturated carbocycles. The summed E-state index contributed by atoms with van der Waals surface area (Å²) in [7, 11) is 0. The van der Waals surface area contributed by atoms with Gasteiger partial charge in [0.1, 0.15) is 116 Å². The lowest BCUT2D eigenvalue weighted by atomic mass is 9.88. The number of carbonyl (C=O) groups excluding carboxylic acids is 10. The standard InChI is InChI=1S/C21H17FN2O2.C21H19N3O2.C19H13FN2O3.C19H14N2O2.C13H10N2O2.C6H6/c1-2-17-23-18-15-10-7-13(4-3-12-5-8-14(22)9-6-12)11-16(15)20(25)21(26)19(18)24-17;1-21(2,3)20-23-16-15-14(10-7-11-22-15)18(25)19(26)17(16)24(20)12-13-8-5-4-6-9-13;1-10-8-11(20)6-7-14(10)25-9-15-21-16-12-4-2-3-5-13(12)18(23)19(24)17(16)22-15;22-18-14-9-5-4-8-13(14)16-17(19(18)23)21-15(20-16)11-10-12-6-2-1-3-7-12;1-2-9-14-10-7-5-3-4-6-8(7)12(16)13(17)11(10)15-9;1-2-4-6-5-3-1/h5-11H,2-4H2,1H3,(H,23,24);4-11H,12H2,1-3H3;2-8H,9H2,1H3,(H,21,22);1-9H,10-11H2,(H,20,21);3-6H,2H2,1H3,(H,14,15);1-6H. The molecule has 4 N–H and O–H groups in total. The van der Waals surface area contributed by atoms with Gasteiger partial charge < -0.3 is 29.2 Å². The summed E-state index contributed by atoms with van der Waals surface area (Å²) in [6.07, 6.45) is 5.95. The molecule has 0 radical (unpaired) electrons. The Morgan fingerprint density at radius 1 is 0.333 bits per heavy atom. The largest absolute Gasteiger partial charge is 0.485 e. The van der Waals surface area contributed by atoms with E-state index in [-0.39, 0.29) is 29.4 Å². The number of hydrogen-bond donors (Lipinski definition) is 4. The monoisotopic (exact) mass is 1640 g/mol. The van der Waals surface area contributed by atoms with E-state index in [2.05, 4.69) is 57.0 Å². The fraction of sp³-hybridized carbons (Fsp3) is 0.152. The van der Waals surface area contributed by atoms with Gasteiger partial charge in [-0.2, -0.15) is 0 Å². The number of rotatable bonds is 13. The number of hydrogen-bond acceptors (Lipinski definition) is 17. The number of pyridine rings is 1. The Labute approximate surface area is 704 Å². The van der Waals surface area contributed by atoms with Gasteiger partial charge in [0.2, 0.25) is 28.9 Å². The molecule has 0 aliphatic heterocycles. The van der Waals surface area contributed by atoms with Crippen molar-refractivity contribution in [2.24, 2.45) is 0 Å². The third-order valence-corrected chi connectivity index (χ3v) is 21.1. The first-order chi connectivity index (χ1) is 59.4. The van der Waals surface area contributed by atoms with Crippen LogP contribution in [0.5, 0.6) is 5.75 Å². The number of carbonyl (C=O) groups is 10. The van der Waals surface area contributed by atoms with Gasteiger partial charge in [-0.1, -0.05) is 229 Å². The van der Waals surface area contributed by atoms with Gasteiger partial charge in [-0.3, -0.25) is 52.9 Å². The second kappa shape index (κ2) is 35.6. The van der Waals surface area contributed by atoms with Gasteiger partial charge in [-0.05, 0) is 103 Å². The molecule has 22 nitrogen and oxygen atoms in total. The highest BCUT2D eigenvalue weighted by molar-refractivity contribution is 6.55. The van der Waals surface area contributed by atoms with Gasteiger partial charge in [0.25, 0.3) is 28.9 Å². The number of aryl methyl sites for hydroxylation is 7. The molecule has 5 aliphatic rings. The molecule has 6 aromatic heterocycles. The Kier molecular flexibility index (Phi) is 23.9. The molecule has 0 spiro atoms. The van der Waals surface area contributed by atoms with Crippen LogP contribution in [0, 0.1) is 18.6 Å². The number of aromatic nitrogens is 11. The number of Topliss-reactive ketones (excluding diaryl/α,β-unsaturated/α-hetero) is 10. The number of ketones is 10. The van der Waals surface area contributed by atoms with E-state index in [0.29, 0.717) is 151 Å². The zero-order chi connectivity index (χ0) is 86.3. The zero-order valence-corrected chi connectivity index (χ0v) is 67.7. The van der Waals surface area contributed by atoms with Crippen LogP contribution in [0.4, 0.5) is 8.78 Å². The number of nitrogens with zero attached hydrogens (tertiary/aromatic N) is 7. The number of aromatic amines is 4. The molecule has 123 heavy (non-hydrogen) atoms. The third kappa shape index (κ3) is 17.3. The van der Waals surface area contributed by atoms with Crippen LogP contribution in [-0.4, -0.2) is 112 Å². The van der Waals surface area contributed by atoms with Crippen molar-refractivity contribution >= 4 is 57.8 Å². The highest BCUT2D eigenvalue weighted by Crippen LogP contribution is 2.39. The van der Waals surface area contributed by atoms with Gasteiger partial charge >= 0.3 is 0 Å². The van der Waals surface area contributed by atoms with E-state index < -0.39 is 57.8 Å². The Hall–Kier alpha value is -15.5. The number of fused-ring (bicyclic) bond motifs is 15. The first-order valence-electron chi connectivity index (χ1n) is 39.9. The van der Waals surface area contributed by atoms with Crippen LogP contribution in [0.25, 0.3) is 56.4 Å². The van der Waals surface area contributed by atoms with E-state index >= 15 is 0 Å². The SMILES string of the molecule is CC(C)(C)c1nc2c(n1Cc1ccccc1)C(=O)C(=O)c1cccnc1-2.CCc1nc2c([nH]1)C(=O)C(=O)c1cc(CCc3ccc(F)cc3)ccc1-2.CCc1nc2c([nH]1)C(=O)C(=O)c1ccccc1-2.Cc1cc(F)ccc1OCc1nc2c([nH]1)C(=O)C(=O)c1ccccc1-2.O=C1C(=O)c2[nH]c(CCc3ccccc3)nc2-c2ccccc21.c1ccccc1. The second-order valence-electron chi connectivity index (χ2n) is 30.5. The van der Waals surface area contributed by atoms with E-state index in [1.165, 1.54) is 35.9 Å². The highest BCUT2D eigenvalue weighted by Gasteiger charge is 2.41. The molecule has 0 bridgehead atoms. The van der Waals surface area contributed by atoms with Crippen LogP contribution in [0.1, 0.15) is 196 Å². The topological polar surface area (TPSA) is 325 Å². The molecule has 5 aliphatic carbocycles. The van der Waals surface area contributed by atoms with Gasteiger partial charge in [0.15, 0.2) is 0 Å². The Morgan fingerprint density at radius 2 is 0.715 bits per heavy atom. The summed E-state index contributed by atoms with van der Waals surface area (Å²) in [4.78, 5) is 162. The minimum atomic E-state index is -0.606. The summed E-state index contributed by atoms with van der Waals surface area (Å²) in [5, 5.41) is 0. The number of ether oxygens (including phenoxy) is 1. The van der Waals surface area contributed by atoms with E-state index in [1.807, 2.05) is 161 Å². The maximum atomic E-state index is 13.1. The number of nitrogens with one attached hydrogen (secondary N) is 4. The summed E-state index contributed by atoms with van der Waals surface area (Å²) < 4.78 is 33.7. The Morgan fingerprint density at radius 3 is 1.21 bits per heavy atom. The van der Waals surface area contributed by atoms with E-state index in [4.69, 9.17) is 9.72 Å². The summed E-state index contributed by atoms with van der Waals surface area (Å²) in [6.45, 7) is 12.3. The molecular formula is C99H79F2N11O11. The molecule has 0 amide bonds. The molecule has 0 fully saturated rings. The molecule has 0 unspecified atom stereocenters. The normalized spacial score (nSPS) is 12.8. The lowest BCUT2D eigenvalue weighted by molar-refractivity contribution is 0.0809. The average molecular weight is 1640 g/mol. The first kappa shape index (κ1) is 82.6. The molecule has 610 valence electrons. The predicted molar refractivity (Wildman–Crippen MR) is 457 cm³/mol. The second-order valence-corrected chi connectivity index (χ2v) is 30.5. The van der Waals surface area contributed by atoms with Crippen molar-refractivity contribution in [3.05, 3.63) is 374 Å². The maximum Gasteiger partial charge on any atom is 0.252 e. The molecule has 6 heterocycles. The van der Waals surface area contributed by atoms with E-state index in [1.54, 1.807) is 92.0 Å². The van der Waals surface area contributed by atoms with E-state index in [9.17, 15) is 56.7 Å². The molecule has 20 rings (SSSR count). The molecule has 9 aromatic carbocycles. The van der Waals surface area contributed by atoms with Crippen molar-refractivity contribution in [3.63, 3.8) is 0 Å². The van der Waals surface area contributed by atoms with Crippen LogP contribution in [0.2, 0.25) is 0 Å². The third-order valence-electron chi connectivity index (χ3n) is 21.1.